The van der Waals surface area contributed by atoms with Crippen molar-refractivity contribution in [2.45, 2.75) is 18.9 Å². The lowest BCUT2D eigenvalue weighted by atomic mass is 10.0. The molecule has 1 amide bonds. The van der Waals surface area contributed by atoms with Gasteiger partial charge in [-0.2, -0.15) is 0 Å². The van der Waals surface area contributed by atoms with Crippen molar-refractivity contribution in [3.05, 3.63) is 64.1 Å². The number of amides is 1. The van der Waals surface area contributed by atoms with Gasteiger partial charge < -0.3 is 10.1 Å². The van der Waals surface area contributed by atoms with Crippen molar-refractivity contribution < 1.29 is 9.53 Å². The predicted molar refractivity (Wildman–Crippen MR) is 103 cm³/mol. The molecule has 0 unspecified atom stereocenters. The minimum atomic E-state index is -0.0420. The third-order valence-corrected chi connectivity index (χ3v) is 5.15. The number of hydrogen-bond acceptors (Lipinski definition) is 3. The standard InChI is InChI=1S/C20H23BrN2O2/c1-25-18-6-4-5-16(13-18)19(23-11-2-3-12-23)14-22-20(24)15-7-9-17(21)10-8-15/h4-10,13,19H,2-3,11-12,14H2,1H3,(H,22,24)/t19-/m1/s1. The quantitative estimate of drug-likeness (QED) is 0.792. The number of halogens is 1. The molecular weight excluding hydrogens is 380 g/mol. The summed E-state index contributed by atoms with van der Waals surface area (Å²) >= 11 is 3.40. The maximum Gasteiger partial charge on any atom is 0.251 e. The maximum atomic E-state index is 12.5. The zero-order valence-electron chi connectivity index (χ0n) is 14.4. The van der Waals surface area contributed by atoms with E-state index in [2.05, 4.69) is 38.3 Å². The molecule has 2 aromatic carbocycles. The molecule has 1 saturated heterocycles. The molecule has 4 nitrogen and oxygen atoms in total. The minimum Gasteiger partial charge on any atom is -0.497 e. The van der Waals surface area contributed by atoms with Gasteiger partial charge in [0.15, 0.2) is 0 Å². The summed E-state index contributed by atoms with van der Waals surface area (Å²) in [5, 5.41) is 3.09. The molecule has 132 valence electrons. The molecule has 5 heteroatoms. The molecule has 0 aromatic heterocycles. The normalized spacial score (nSPS) is 15.8. The van der Waals surface area contributed by atoms with Crippen molar-refractivity contribution >= 4 is 21.8 Å². The Morgan fingerprint density at radius 3 is 2.60 bits per heavy atom. The molecule has 3 rings (SSSR count). The molecule has 1 atom stereocenters. The van der Waals surface area contributed by atoms with E-state index in [9.17, 15) is 4.79 Å². The fourth-order valence-corrected chi connectivity index (χ4v) is 3.52. The third kappa shape index (κ3) is 4.61. The Balaban J connectivity index is 1.73. The number of rotatable bonds is 6. The Bertz CT molecular complexity index is 712. The van der Waals surface area contributed by atoms with Gasteiger partial charge in [0.25, 0.3) is 5.91 Å². The number of nitrogens with zero attached hydrogens (tertiary/aromatic N) is 1. The van der Waals surface area contributed by atoms with Crippen LogP contribution in [0.4, 0.5) is 0 Å². The number of benzene rings is 2. The Labute approximate surface area is 157 Å². The molecule has 0 saturated carbocycles. The van der Waals surface area contributed by atoms with Gasteiger partial charge in [0, 0.05) is 16.6 Å². The summed E-state index contributed by atoms with van der Waals surface area (Å²) < 4.78 is 6.33. The molecule has 25 heavy (non-hydrogen) atoms. The van der Waals surface area contributed by atoms with Gasteiger partial charge in [-0.1, -0.05) is 28.1 Å². The number of carbonyl (C=O) groups excluding carboxylic acids is 1. The van der Waals surface area contributed by atoms with Crippen LogP contribution in [0.1, 0.15) is 34.8 Å². The van der Waals surface area contributed by atoms with Crippen LogP contribution in [0.15, 0.2) is 53.0 Å². The van der Waals surface area contributed by atoms with E-state index in [1.807, 2.05) is 36.4 Å². The molecular formula is C20H23BrN2O2. The van der Waals surface area contributed by atoms with Crippen LogP contribution >= 0.6 is 15.9 Å². The first kappa shape index (κ1) is 18.0. The summed E-state index contributed by atoms with van der Waals surface area (Å²) in [5.41, 5.74) is 1.85. The van der Waals surface area contributed by atoms with Crippen molar-refractivity contribution in [2.75, 3.05) is 26.7 Å². The number of ether oxygens (including phenoxy) is 1. The second-order valence-electron chi connectivity index (χ2n) is 6.25. The topological polar surface area (TPSA) is 41.6 Å². The maximum absolute atomic E-state index is 12.5. The third-order valence-electron chi connectivity index (χ3n) is 4.62. The van der Waals surface area contributed by atoms with Crippen LogP contribution in [0.5, 0.6) is 5.75 Å². The first-order chi connectivity index (χ1) is 12.2. The van der Waals surface area contributed by atoms with Gasteiger partial charge in [-0.25, -0.2) is 0 Å². The molecule has 0 radical (unpaired) electrons. The highest BCUT2D eigenvalue weighted by Crippen LogP contribution is 2.27. The van der Waals surface area contributed by atoms with Crippen LogP contribution in [0.2, 0.25) is 0 Å². The number of hydrogen-bond donors (Lipinski definition) is 1. The summed E-state index contributed by atoms with van der Waals surface area (Å²) in [5.74, 6) is 0.806. The Hall–Kier alpha value is -1.85. The van der Waals surface area contributed by atoms with Crippen LogP contribution < -0.4 is 10.1 Å². The molecule has 0 aliphatic carbocycles. The highest BCUT2D eigenvalue weighted by molar-refractivity contribution is 9.10. The average molecular weight is 403 g/mol. The van der Waals surface area contributed by atoms with Gasteiger partial charge in [-0.15, -0.1) is 0 Å². The average Bonchev–Trinajstić information content (AvgIpc) is 3.17. The Morgan fingerprint density at radius 1 is 1.20 bits per heavy atom. The van der Waals surface area contributed by atoms with Crippen LogP contribution in [0, 0.1) is 0 Å². The lowest BCUT2D eigenvalue weighted by molar-refractivity contribution is 0.0938. The van der Waals surface area contributed by atoms with E-state index in [4.69, 9.17) is 4.74 Å². The lowest BCUT2D eigenvalue weighted by Crippen LogP contribution is -2.36. The van der Waals surface area contributed by atoms with E-state index in [1.165, 1.54) is 18.4 Å². The van der Waals surface area contributed by atoms with E-state index in [-0.39, 0.29) is 11.9 Å². The number of nitrogens with one attached hydrogen (secondary N) is 1. The van der Waals surface area contributed by atoms with Crippen LogP contribution in [0.25, 0.3) is 0 Å². The number of methoxy groups -OCH3 is 1. The molecule has 1 heterocycles. The second-order valence-corrected chi connectivity index (χ2v) is 7.17. The zero-order chi connectivity index (χ0) is 17.6. The minimum absolute atomic E-state index is 0.0420. The SMILES string of the molecule is COc1cccc([C@@H](CNC(=O)c2ccc(Br)cc2)N2CCCC2)c1. The molecule has 1 aliphatic rings. The summed E-state index contributed by atoms with van der Waals surface area (Å²) in [6.45, 7) is 2.72. The van der Waals surface area contributed by atoms with Gasteiger partial charge in [0.05, 0.1) is 13.2 Å². The highest BCUT2D eigenvalue weighted by Gasteiger charge is 2.24. The monoisotopic (exact) mass is 402 g/mol. The first-order valence-electron chi connectivity index (χ1n) is 8.59. The van der Waals surface area contributed by atoms with E-state index < -0.39 is 0 Å². The Kier molecular flexibility index (Phi) is 6.10. The molecule has 2 aromatic rings. The summed E-state index contributed by atoms with van der Waals surface area (Å²) in [4.78, 5) is 14.9. The van der Waals surface area contributed by atoms with E-state index >= 15 is 0 Å². The van der Waals surface area contributed by atoms with E-state index in [0.717, 1.165) is 23.3 Å². The number of carbonyl (C=O) groups is 1. The van der Waals surface area contributed by atoms with Crippen LogP contribution in [-0.2, 0) is 0 Å². The molecule has 0 bridgehead atoms. The lowest BCUT2D eigenvalue weighted by Gasteiger charge is -2.28. The van der Waals surface area contributed by atoms with E-state index in [0.29, 0.717) is 12.1 Å². The second kappa shape index (κ2) is 8.50. The molecule has 1 N–H and O–H groups in total. The van der Waals surface area contributed by atoms with Gasteiger partial charge in [0.1, 0.15) is 5.75 Å². The van der Waals surface area contributed by atoms with Gasteiger partial charge >= 0.3 is 0 Å². The van der Waals surface area contributed by atoms with Crippen molar-refractivity contribution in [2.24, 2.45) is 0 Å². The van der Waals surface area contributed by atoms with Crippen LogP contribution in [-0.4, -0.2) is 37.6 Å². The largest absolute Gasteiger partial charge is 0.497 e. The summed E-state index contributed by atoms with van der Waals surface area (Å²) in [7, 11) is 1.68. The van der Waals surface area contributed by atoms with E-state index in [1.54, 1.807) is 7.11 Å². The van der Waals surface area contributed by atoms with Crippen molar-refractivity contribution in [1.29, 1.82) is 0 Å². The van der Waals surface area contributed by atoms with Crippen molar-refractivity contribution in [3.8, 4) is 5.75 Å². The Morgan fingerprint density at radius 2 is 1.92 bits per heavy atom. The van der Waals surface area contributed by atoms with Gasteiger partial charge in [-0.05, 0) is 67.9 Å². The molecule has 1 fully saturated rings. The molecule has 0 spiro atoms. The summed E-state index contributed by atoms with van der Waals surface area (Å²) in [6, 6.07) is 15.7. The summed E-state index contributed by atoms with van der Waals surface area (Å²) in [6.07, 6.45) is 2.42. The van der Waals surface area contributed by atoms with Gasteiger partial charge in [-0.3, -0.25) is 9.69 Å². The molecule has 1 aliphatic heterocycles. The zero-order valence-corrected chi connectivity index (χ0v) is 16.0. The predicted octanol–water partition coefficient (Wildman–Crippen LogP) is 4.02. The van der Waals surface area contributed by atoms with Crippen molar-refractivity contribution in [1.82, 2.24) is 10.2 Å². The van der Waals surface area contributed by atoms with Crippen molar-refractivity contribution in [3.63, 3.8) is 0 Å². The smallest absolute Gasteiger partial charge is 0.251 e. The van der Waals surface area contributed by atoms with Gasteiger partial charge in [0.2, 0.25) is 0 Å². The number of likely N-dealkylation sites (tertiary alicyclic amines) is 1. The fraction of sp³-hybridized carbons (Fsp3) is 0.350. The van der Waals surface area contributed by atoms with Crippen LogP contribution in [0.3, 0.4) is 0 Å². The first-order valence-corrected chi connectivity index (χ1v) is 9.38. The highest BCUT2D eigenvalue weighted by atomic mass is 79.9. The fourth-order valence-electron chi connectivity index (χ4n) is 3.25.